The zero-order valence-electron chi connectivity index (χ0n) is 6.56. The van der Waals surface area contributed by atoms with Crippen LogP contribution in [0.2, 0.25) is 0 Å². The molecule has 1 unspecified atom stereocenters. The number of aromatic nitrogens is 2. The van der Waals surface area contributed by atoms with Crippen molar-refractivity contribution in [2.24, 2.45) is 12.8 Å². The fourth-order valence-corrected chi connectivity index (χ4v) is 0.787. The molecule has 12 heavy (non-hydrogen) atoms. The summed E-state index contributed by atoms with van der Waals surface area (Å²) in [5.41, 5.74) is 5.58. The lowest BCUT2D eigenvalue weighted by Crippen LogP contribution is -2.28. The molecule has 62 valence electrons. The van der Waals surface area contributed by atoms with Crippen molar-refractivity contribution in [3.63, 3.8) is 0 Å². The molecule has 0 radical (unpaired) electrons. The fraction of sp³-hybridized carbons (Fsp3) is 0.286. The molecule has 0 aromatic carbocycles. The number of rotatable bonds is 2. The summed E-state index contributed by atoms with van der Waals surface area (Å²) in [4.78, 5) is 11.2. The van der Waals surface area contributed by atoms with Crippen LogP contribution in [0, 0.1) is 11.3 Å². The van der Waals surface area contributed by atoms with Crippen LogP contribution in [0.4, 0.5) is 0 Å². The van der Waals surface area contributed by atoms with E-state index in [1.165, 1.54) is 17.1 Å². The lowest BCUT2D eigenvalue weighted by atomic mass is 10.1. The van der Waals surface area contributed by atoms with E-state index in [4.69, 9.17) is 11.0 Å². The van der Waals surface area contributed by atoms with Crippen LogP contribution in [0.1, 0.15) is 10.4 Å². The van der Waals surface area contributed by atoms with Gasteiger partial charge in [-0.1, -0.05) is 0 Å². The van der Waals surface area contributed by atoms with Crippen LogP contribution in [0.5, 0.6) is 0 Å². The maximum absolute atomic E-state index is 11.2. The monoisotopic (exact) mass is 164 g/mol. The number of carbonyl (C=O) groups excluding carboxylic acids is 1. The molecular formula is C7H8N4O. The second-order valence-electron chi connectivity index (χ2n) is 2.37. The number of Topliss-reactive ketones (excluding diaryl/α,β-unsaturated/α-hetero) is 1. The predicted octanol–water partition coefficient (Wildman–Crippen LogP) is -0.546. The van der Waals surface area contributed by atoms with Crippen molar-refractivity contribution in [1.82, 2.24) is 9.78 Å². The average Bonchev–Trinajstić information content (AvgIpc) is 2.49. The Morgan fingerprint density at radius 3 is 3.00 bits per heavy atom. The van der Waals surface area contributed by atoms with E-state index in [0.717, 1.165) is 0 Å². The molecule has 5 nitrogen and oxygen atoms in total. The second-order valence-corrected chi connectivity index (χ2v) is 2.37. The van der Waals surface area contributed by atoms with Crippen LogP contribution in [0.15, 0.2) is 12.4 Å². The van der Waals surface area contributed by atoms with E-state index in [1.807, 2.05) is 0 Å². The molecule has 0 fully saturated rings. The number of carbonyl (C=O) groups is 1. The molecule has 1 aromatic rings. The maximum atomic E-state index is 11.2. The Labute approximate surface area is 69.4 Å². The minimum absolute atomic E-state index is 0.367. The largest absolute Gasteiger partial charge is 0.309 e. The van der Waals surface area contributed by atoms with Crippen molar-refractivity contribution in [2.45, 2.75) is 6.04 Å². The first kappa shape index (κ1) is 8.43. The van der Waals surface area contributed by atoms with Crippen molar-refractivity contribution in [2.75, 3.05) is 0 Å². The lowest BCUT2D eigenvalue weighted by Gasteiger charge is -1.96. The standard InChI is InChI=1S/C7H8N4O/c1-11-4-5(3-10-11)7(12)6(9)2-8/h3-4,6H,9H2,1H3. The second kappa shape index (κ2) is 3.15. The van der Waals surface area contributed by atoms with Gasteiger partial charge < -0.3 is 5.73 Å². The Hall–Kier alpha value is -1.67. The highest BCUT2D eigenvalue weighted by atomic mass is 16.1. The molecule has 1 atom stereocenters. The van der Waals surface area contributed by atoms with Crippen molar-refractivity contribution < 1.29 is 4.79 Å². The maximum Gasteiger partial charge on any atom is 0.197 e. The Bertz CT molecular complexity index is 335. The molecule has 0 amide bonds. The number of nitriles is 1. The van der Waals surface area contributed by atoms with Gasteiger partial charge >= 0.3 is 0 Å². The average molecular weight is 164 g/mol. The van der Waals surface area contributed by atoms with Gasteiger partial charge in [0.25, 0.3) is 0 Å². The van der Waals surface area contributed by atoms with Crippen molar-refractivity contribution >= 4 is 5.78 Å². The minimum Gasteiger partial charge on any atom is -0.309 e. The van der Waals surface area contributed by atoms with Gasteiger partial charge in [-0.3, -0.25) is 9.48 Å². The van der Waals surface area contributed by atoms with Gasteiger partial charge in [-0.25, -0.2) is 0 Å². The number of ketones is 1. The van der Waals surface area contributed by atoms with E-state index in [2.05, 4.69) is 5.10 Å². The third kappa shape index (κ3) is 1.49. The summed E-state index contributed by atoms with van der Waals surface area (Å²) >= 11 is 0. The topological polar surface area (TPSA) is 84.7 Å². The highest BCUT2D eigenvalue weighted by Gasteiger charge is 2.15. The van der Waals surface area contributed by atoms with Crippen molar-refractivity contribution in [3.05, 3.63) is 18.0 Å². The van der Waals surface area contributed by atoms with Crippen LogP contribution in [-0.2, 0) is 7.05 Å². The van der Waals surface area contributed by atoms with E-state index >= 15 is 0 Å². The summed E-state index contributed by atoms with van der Waals surface area (Å²) in [5.74, 6) is -0.398. The molecule has 1 rings (SSSR count). The molecule has 0 saturated carbocycles. The molecule has 2 N–H and O–H groups in total. The van der Waals surface area contributed by atoms with Crippen molar-refractivity contribution in [1.29, 1.82) is 5.26 Å². The molecule has 0 saturated heterocycles. The Morgan fingerprint density at radius 2 is 2.58 bits per heavy atom. The molecule has 1 heterocycles. The summed E-state index contributed by atoms with van der Waals surface area (Å²) in [6.07, 6.45) is 2.92. The third-order valence-corrected chi connectivity index (χ3v) is 1.41. The summed E-state index contributed by atoms with van der Waals surface area (Å²) in [5, 5.41) is 12.1. The van der Waals surface area contributed by atoms with Gasteiger partial charge in [0.1, 0.15) is 0 Å². The number of aryl methyl sites for hydroxylation is 1. The molecule has 0 aliphatic heterocycles. The van der Waals surface area contributed by atoms with E-state index in [9.17, 15) is 4.79 Å². The minimum atomic E-state index is -1.09. The quantitative estimate of drug-likeness (QED) is 0.594. The zero-order chi connectivity index (χ0) is 9.14. The first-order valence-corrected chi connectivity index (χ1v) is 3.33. The number of nitrogens with two attached hydrogens (primary N) is 1. The smallest absolute Gasteiger partial charge is 0.197 e. The highest BCUT2D eigenvalue weighted by molar-refractivity contribution is 6.01. The number of hydrogen-bond donors (Lipinski definition) is 1. The molecule has 0 spiro atoms. The lowest BCUT2D eigenvalue weighted by molar-refractivity contribution is 0.0980. The Balaban J connectivity index is 2.87. The van der Waals surface area contributed by atoms with Gasteiger partial charge in [0.2, 0.25) is 0 Å². The van der Waals surface area contributed by atoms with Crippen LogP contribution in [0.3, 0.4) is 0 Å². The van der Waals surface area contributed by atoms with Gasteiger partial charge in [0.15, 0.2) is 11.8 Å². The molecule has 0 aliphatic carbocycles. The molecular weight excluding hydrogens is 156 g/mol. The summed E-state index contributed by atoms with van der Waals surface area (Å²) in [7, 11) is 1.69. The van der Waals surface area contributed by atoms with E-state index in [-0.39, 0.29) is 0 Å². The molecule has 0 aliphatic rings. The van der Waals surface area contributed by atoms with Gasteiger partial charge in [0.05, 0.1) is 17.8 Å². The van der Waals surface area contributed by atoms with E-state index < -0.39 is 11.8 Å². The molecule has 1 aromatic heterocycles. The van der Waals surface area contributed by atoms with E-state index in [1.54, 1.807) is 13.1 Å². The first-order valence-electron chi connectivity index (χ1n) is 3.33. The first-order chi connectivity index (χ1) is 5.65. The Morgan fingerprint density at radius 1 is 1.92 bits per heavy atom. The zero-order valence-corrected chi connectivity index (χ0v) is 6.56. The summed E-state index contributed by atoms with van der Waals surface area (Å²) in [6.45, 7) is 0. The van der Waals surface area contributed by atoms with Gasteiger partial charge in [-0.05, 0) is 0 Å². The van der Waals surface area contributed by atoms with Gasteiger partial charge in [-0.2, -0.15) is 10.4 Å². The fourth-order valence-electron chi connectivity index (χ4n) is 0.787. The molecule has 5 heteroatoms. The van der Waals surface area contributed by atoms with Crippen LogP contribution >= 0.6 is 0 Å². The third-order valence-electron chi connectivity index (χ3n) is 1.41. The van der Waals surface area contributed by atoms with Crippen LogP contribution in [-0.4, -0.2) is 21.6 Å². The predicted molar refractivity (Wildman–Crippen MR) is 41.1 cm³/mol. The van der Waals surface area contributed by atoms with Crippen molar-refractivity contribution in [3.8, 4) is 6.07 Å². The summed E-state index contributed by atoms with van der Waals surface area (Å²) < 4.78 is 1.48. The SMILES string of the molecule is Cn1cc(C(=O)C(N)C#N)cn1. The van der Waals surface area contributed by atoms with Crippen LogP contribution < -0.4 is 5.73 Å². The number of hydrogen-bond acceptors (Lipinski definition) is 4. The van der Waals surface area contributed by atoms with Crippen LogP contribution in [0.25, 0.3) is 0 Å². The highest BCUT2D eigenvalue weighted by Crippen LogP contribution is 1.99. The normalized spacial score (nSPS) is 12.1. The van der Waals surface area contributed by atoms with Gasteiger partial charge in [-0.15, -0.1) is 0 Å². The Kier molecular flexibility index (Phi) is 2.21. The van der Waals surface area contributed by atoms with Gasteiger partial charge in [0, 0.05) is 13.2 Å². The summed E-state index contributed by atoms with van der Waals surface area (Å²) in [6, 6.07) is 0.575. The van der Waals surface area contributed by atoms with E-state index in [0.29, 0.717) is 5.56 Å². The molecule has 0 bridgehead atoms. The number of nitrogens with zero attached hydrogens (tertiary/aromatic N) is 3.